The highest BCUT2D eigenvalue weighted by Gasteiger charge is 2.34. The summed E-state index contributed by atoms with van der Waals surface area (Å²) < 4.78 is 11.1. The predicted octanol–water partition coefficient (Wildman–Crippen LogP) is 3.32. The van der Waals surface area contributed by atoms with Gasteiger partial charge in [0.15, 0.2) is 0 Å². The largest absolute Gasteiger partial charge is 0.461 e. The Morgan fingerprint density at radius 2 is 1.96 bits per heavy atom. The van der Waals surface area contributed by atoms with Gasteiger partial charge in [0.25, 0.3) is 0 Å². The monoisotopic (exact) mass is 334 g/mol. The highest BCUT2D eigenvalue weighted by atomic mass is 16.5. The van der Waals surface area contributed by atoms with E-state index in [1.54, 1.807) is 0 Å². The van der Waals surface area contributed by atoms with Crippen LogP contribution >= 0.6 is 0 Å². The number of benzene rings is 2. The summed E-state index contributed by atoms with van der Waals surface area (Å²) in [6, 6.07) is 16.2. The van der Waals surface area contributed by atoms with E-state index in [9.17, 15) is 10.1 Å². The number of amides is 1. The Hall–Kier alpha value is -2.84. The first-order chi connectivity index (χ1) is 12.2. The quantitative estimate of drug-likeness (QED) is 0.797. The second-order valence-electron chi connectivity index (χ2n) is 6.44. The first-order valence-corrected chi connectivity index (χ1v) is 8.39. The molecule has 1 fully saturated rings. The van der Waals surface area contributed by atoms with E-state index < -0.39 is 5.54 Å². The van der Waals surface area contributed by atoms with Crippen LogP contribution in [0.2, 0.25) is 0 Å². The van der Waals surface area contributed by atoms with E-state index in [1.165, 1.54) is 0 Å². The smallest absolute Gasteiger partial charge is 0.228 e. The molecule has 4 rings (SSSR count). The maximum Gasteiger partial charge on any atom is 0.228 e. The average Bonchev–Trinajstić information content (AvgIpc) is 3.05. The lowest BCUT2D eigenvalue weighted by molar-refractivity contribution is -0.122. The Morgan fingerprint density at radius 1 is 1.16 bits per heavy atom. The summed E-state index contributed by atoms with van der Waals surface area (Å²) in [4.78, 5) is 12.4. The van der Waals surface area contributed by atoms with Crippen LogP contribution in [0.15, 0.2) is 46.9 Å². The minimum atomic E-state index is -0.825. The van der Waals surface area contributed by atoms with Gasteiger partial charge in [0, 0.05) is 31.4 Å². The molecular formula is C20H18N2O3. The highest BCUT2D eigenvalue weighted by Crippen LogP contribution is 2.28. The molecule has 0 spiro atoms. The molecule has 1 saturated heterocycles. The zero-order valence-electron chi connectivity index (χ0n) is 13.7. The molecule has 5 nitrogen and oxygen atoms in total. The highest BCUT2D eigenvalue weighted by molar-refractivity contribution is 6.06. The van der Waals surface area contributed by atoms with Crippen LogP contribution in [0.3, 0.4) is 0 Å². The Labute approximate surface area is 145 Å². The van der Waals surface area contributed by atoms with Gasteiger partial charge in [-0.3, -0.25) is 4.79 Å². The van der Waals surface area contributed by atoms with Gasteiger partial charge in [0.05, 0.1) is 12.5 Å². The van der Waals surface area contributed by atoms with Crippen molar-refractivity contribution in [2.24, 2.45) is 0 Å². The molecule has 0 atom stereocenters. The van der Waals surface area contributed by atoms with Gasteiger partial charge in [-0.2, -0.15) is 5.26 Å². The van der Waals surface area contributed by atoms with E-state index in [-0.39, 0.29) is 12.3 Å². The Bertz CT molecular complexity index is 977. The van der Waals surface area contributed by atoms with Crippen molar-refractivity contribution >= 4 is 27.6 Å². The third-order valence-electron chi connectivity index (χ3n) is 4.75. The summed E-state index contributed by atoms with van der Waals surface area (Å²) in [5.74, 6) is 0.399. The summed E-state index contributed by atoms with van der Waals surface area (Å²) in [7, 11) is 0. The third-order valence-corrected chi connectivity index (χ3v) is 4.75. The van der Waals surface area contributed by atoms with Crippen LogP contribution in [0.25, 0.3) is 21.7 Å². The van der Waals surface area contributed by atoms with E-state index in [0.29, 0.717) is 31.8 Å². The van der Waals surface area contributed by atoms with Gasteiger partial charge in [-0.1, -0.05) is 30.3 Å². The fourth-order valence-corrected chi connectivity index (χ4v) is 3.39. The molecule has 3 aromatic rings. The van der Waals surface area contributed by atoms with Crippen molar-refractivity contribution in [3.05, 3.63) is 48.2 Å². The molecule has 5 heteroatoms. The molecule has 2 heterocycles. The number of carbonyl (C=O) groups excluding carboxylic acids is 1. The van der Waals surface area contributed by atoms with Crippen molar-refractivity contribution < 1.29 is 13.9 Å². The number of fused-ring (bicyclic) bond motifs is 3. The summed E-state index contributed by atoms with van der Waals surface area (Å²) in [5, 5.41) is 15.6. The molecule has 1 N–H and O–H groups in total. The normalized spacial score (nSPS) is 16.6. The van der Waals surface area contributed by atoms with Crippen LogP contribution in [0.1, 0.15) is 18.6 Å². The summed E-state index contributed by atoms with van der Waals surface area (Å²) in [5.41, 5.74) is -0.0591. The van der Waals surface area contributed by atoms with Crippen LogP contribution < -0.4 is 5.32 Å². The summed E-state index contributed by atoms with van der Waals surface area (Å²) in [6.45, 7) is 0.981. The molecule has 0 unspecified atom stereocenters. The van der Waals surface area contributed by atoms with Crippen molar-refractivity contribution in [1.29, 1.82) is 5.26 Å². The molecule has 1 aromatic heterocycles. The molecule has 2 aromatic carbocycles. The minimum absolute atomic E-state index is 0.118. The number of ether oxygens (including phenoxy) is 1. The molecule has 0 bridgehead atoms. The Morgan fingerprint density at radius 3 is 2.76 bits per heavy atom. The Balaban J connectivity index is 1.57. The van der Waals surface area contributed by atoms with Crippen molar-refractivity contribution in [3.63, 3.8) is 0 Å². The number of rotatable bonds is 3. The molecule has 126 valence electrons. The van der Waals surface area contributed by atoms with Gasteiger partial charge < -0.3 is 14.5 Å². The average molecular weight is 334 g/mol. The van der Waals surface area contributed by atoms with Crippen molar-refractivity contribution in [3.8, 4) is 6.07 Å². The molecular weight excluding hydrogens is 316 g/mol. The van der Waals surface area contributed by atoms with Gasteiger partial charge in [-0.05, 0) is 22.9 Å². The molecule has 1 aliphatic heterocycles. The lowest BCUT2D eigenvalue weighted by Crippen LogP contribution is -2.51. The van der Waals surface area contributed by atoms with Crippen LogP contribution in [0.4, 0.5) is 0 Å². The number of hydrogen-bond acceptors (Lipinski definition) is 4. The van der Waals surface area contributed by atoms with E-state index in [4.69, 9.17) is 9.15 Å². The molecule has 0 aliphatic carbocycles. The van der Waals surface area contributed by atoms with Crippen molar-refractivity contribution in [2.75, 3.05) is 13.2 Å². The zero-order valence-corrected chi connectivity index (χ0v) is 13.7. The van der Waals surface area contributed by atoms with Crippen LogP contribution in [0, 0.1) is 11.3 Å². The number of hydrogen-bond donors (Lipinski definition) is 1. The minimum Gasteiger partial charge on any atom is -0.461 e. The van der Waals surface area contributed by atoms with Crippen molar-refractivity contribution in [1.82, 2.24) is 5.32 Å². The second kappa shape index (κ2) is 6.23. The standard InChI is InChI=1S/C20H18N2O3/c21-13-20(7-9-24-10-8-20)22-19(23)12-15-11-17-16-4-2-1-3-14(16)5-6-18(17)25-15/h1-6,11H,7-10,12H2,(H,22,23). The van der Waals surface area contributed by atoms with E-state index in [1.807, 2.05) is 36.4 Å². The van der Waals surface area contributed by atoms with E-state index in [2.05, 4.69) is 17.5 Å². The first-order valence-electron chi connectivity index (χ1n) is 8.39. The number of nitrogens with one attached hydrogen (secondary N) is 1. The second-order valence-corrected chi connectivity index (χ2v) is 6.44. The SMILES string of the molecule is N#CC1(NC(=O)Cc2cc3c(ccc4ccccc43)o2)CCOCC1. The van der Waals surface area contributed by atoms with E-state index >= 15 is 0 Å². The van der Waals surface area contributed by atoms with Crippen molar-refractivity contribution in [2.45, 2.75) is 24.8 Å². The number of carbonyl (C=O) groups is 1. The summed E-state index contributed by atoms with van der Waals surface area (Å²) >= 11 is 0. The van der Waals surface area contributed by atoms with Gasteiger partial charge in [-0.15, -0.1) is 0 Å². The zero-order chi connectivity index (χ0) is 17.3. The molecule has 25 heavy (non-hydrogen) atoms. The topological polar surface area (TPSA) is 75.3 Å². The first kappa shape index (κ1) is 15.7. The van der Waals surface area contributed by atoms with Gasteiger partial charge >= 0.3 is 0 Å². The van der Waals surface area contributed by atoms with Gasteiger partial charge in [-0.25, -0.2) is 0 Å². The fourth-order valence-electron chi connectivity index (χ4n) is 3.39. The number of nitrogens with zero attached hydrogens (tertiary/aromatic N) is 1. The van der Waals surface area contributed by atoms with Gasteiger partial charge in [0.2, 0.25) is 5.91 Å². The van der Waals surface area contributed by atoms with Crippen LogP contribution in [-0.4, -0.2) is 24.7 Å². The number of nitriles is 1. The summed E-state index contributed by atoms with van der Waals surface area (Å²) in [6.07, 6.45) is 1.15. The van der Waals surface area contributed by atoms with Crippen LogP contribution in [0.5, 0.6) is 0 Å². The van der Waals surface area contributed by atoms with Gasteiger partial charge in [0.1, 0.15) is 16.9 Å². The lowest BCUT2D eigenvalue weighted by atomic mass is 9.91. The molecule has 0 saturated carbocycles. The number of furan rings is 1. The van der Waals surface area contributed by atoms with E-state index in [0.717, 1.165) is 21.7 Å². The maximum absolute atomic E-state index is 12.4. The third kappa shape index (κ3) is 2.97. The van der Waals surface area contributed by atoms with Crippen LogP contribution in [-0.2, 0) is 16.0 Å². The molecule has 1 amide bonds. The Kier molecular flexibility index (Phi) is 3.90. The fraction of sp³-hybridized carbons (Fsp3) is 0.300. The predicted molar refractivity (Wildman–Crippen MR) is 94.0 cm³/mol. The molecule has 1 aliphatic rings. The molecule has 0 radical (unpaired) electrons. The maximum atomic E-state index is 12.4. The lowest BCUT2D eigenvalue weighted by Gasteiger charge is -2.31.